The summed E-state index contributed by atoms with van der Waals surface area (Å²) in [5, 5.41) is 5.71. The maximum absolute atomic E-state index is 12.1. The van der Waals surface area contributed by atoms with Gasteiger partial charge >= 0.3 is 0 Å². The van der Waals surface area contributed by atoms with E-state index in [9.17, 15) is 9.59 Å². The first-order valence-corrected chi connectivity index (χ1v) is 8.48. The van der Waals surface area contributed by atoms with Gasteiger partial charge in [0, 0.05) is 11.8 Å². The van der Waals surface area contributed by atoms with Gasteiger partial charge in [-0.1, -0.05) is 30.3 Å². The second-order valence-corrected chi connectivity index (χ2v) is 7.40. The Labute approximate surface area is 142 Å². The third-order valence-electron chi connectivity index (χ3n) is 3.06. The van der Waals surface area contributed by atoms with Gasteiger partial charge in [0.15, 0.2) is 0 Å². The molecule has 1 atom stereocenters. The second-order valence-electron chi connectivity index (χ2n) is 4.85. The molecule has 1 aromatic carbocycles. The molecule has 0 spiro atoms. The number of hydrogen-bond acceptors (Lipinski definition) is 3. The van der Waals surface area contributed by atoms with E-state index < -0.39 is 0 Å². The summed E-state index contributed by atoms with van der Waals surface area (Å²) in [5.41, 5.74) is 0.923. The Morgan fingerprint density at radius 1 is 1.18 bits per heavy atom. The van der Waals surface area contributed by atoms with Gasteiger partial charge in [-0.15, -0.1) is 11.3 Å². The van der Waals surface area contributed by atoms with Crippen molar-refractivity contribution >= 4 is 39.1 Å². The van der Waals surface area contributed by atoms with E-state index >= 15 is 0 Å². The van der Waals surface area contributed by atoms with Crippen molar-refractivity contribution in [2.75, 3.05) is 0 Å². The van der Waals surface area contributed by atoms with Gasteiger partial charge in [0.05, 0.1) is 22.8 Å². The van der Waals surface area contributed by atoms with Crippen molar-refractivity contribution in [1.29, 1.82) is 0 Å². The average molecular weight is 381 g/mol. The van der Waals surface area contributed by atoms with E-state index in [1.54, 1.807) is 11.3 Å². The van der Waals surface area contributed by atoms with E-state index in [0.717, 1.165) is 14.2 Å². The zero-order valence-corrected chi connectivity index (χ0v) is 14.5. The number of benzene rings is 1. The van der Waals surface area contributed by atoms with Crippen LogP contribution in [0.25, 0.3) is 0 Å². The van der Waals surface area contributed by atoms with E-state index in [1.165, 1.54) is 6.92 Å². The number of carbonyl (C=O) groups excluding carboxylic acids is 2. The van der Waals surface area contributed by atoms with E-state index in [1.807, 2.05) is 42.5 Å². The maximum Gasteiger partial charge on any atom is 0.222 e. The highest BCUT2D eigenvalue weighted by Crippen LogP contribution is 2.22. The van der Waals surface area contributed by atoms with Crippen LogP contribution in [0.1, 0.15) is 29.8 Å². The lowest BCUT2D eigenvalue weighted by atomic mass is 10.0. The standard InChI is InChI=1S/C16H17BrN2O2S/c1-11(20)19-14(12-5-3-2-4-6-12)9-16(21)18-10-13-7-8-15(17)22-13/h2-8,14H,9-10H2,1H3,(H,18,21)(H,19,20). The fourth-order valence-electron chi connectivity index (χ4n) is 2.07. The number of amides is 2. The Hall–Kier alpha value is -1.66. The van der Waals surface area contributed by atoms with Crippen molar-refractivity contribution in [2.24, 2.45) is 0 Å². The van der Waals surface area contributed by atoms with Crippen LogP contribution in [-0.4, -0.2) is 11.8 Å². The highest BCUT2D eigenvalue weighted by Gasteiger charge is 2.16. The molecule has 2 aromatic rings. The van der Waals surface area contributed by atoms with Crippen molar-refractivity contribution < 1.29 is 9.59 Å². The van der Waals surface area contributed by atoms with Crippen LogP contribution >= 0.6 is 27.3 Å². The number of thiophene rings is 1. The van der Waals surface area contributed by atoms with Crippen LogP contribution in [0.15, 0.2) is 46.3 Å². The minimum absolute atomic E-state index is 0.0906. The molecular weight excluding hydrogens is 364 g/mol. The van der Waals surface area contributed by atoms with Gasteiger partial charge in [-0.2, -0.15) is 0 Å². The molecule has 2 rings (SSSR count). The van der Waals surface area contributed by atoms with Crippen LogP contribution in [0.5, 0.6) is 0 Å². The molecule has 0 saturated heterocycles. The van der Waals surface area contributed by atoms with Crippen LogP contribution in [0, 0.1) is 0 Å². The number of halogens is 1. The van der Waals surface area contributed by atoms with Crippen LogP contribution in [-0.2, 0) is 16.1 Å². The summed E-state index contributed by atoms with van der Waals surface area (Å²) in [6.07, 6.45) is 0.218. The normalized spacial score (nSPS) is 11.7. The summed E-state index contributed by atoms with van der Waals surface area (Å²) in [5.74, 6) is -0.240. The smallest absolute Gasteiger partial charge is 0.222 e. The first-order chi connectivity index (χ1) is 10.5. The molecule has 6 heteroatoms. The molecular formula is C16H17BrN2O2S. The number of carbonyl (C=O) groups is 2. The molecule has 0 radical (unpaired) electrons. The fraction of sp³-hybridized carbons (Fsp3) is 0.250. The van der Waals surface area contributed by atoms with Crippen LogP contribution < -0.4 is 10.6 Å². The SMILES string of the molecule is CC(=O)NC(CC(=O)NCc1ccc(Br)s1)c1ccccc1. The molecule has 0 saturated carbocycles. The lowest BCUT2D eigenvalue weighted by Gasteiger charge is -2.18. The summed E-state index contributed by atoms with van der Waals surface area (Å²) < 4.78 is 1.04. The van der Waals surface area contributed by atoms with Crippen LogP contribution in [0.4, 0.5) is 0 Å². The van der Waals surface area contributed by atoms with Gasteiger partial charge in [-0.25, -0.2) is 0 Å². The molecule has 0 bridgehead atoms. The molecule has 0 aliphatic carbocycles. The van der Waals surface area contributed by atoms with Crippen molar-refractivity contribution in [2.45, 2.75) is 25.9 Å². The van der Waals surface area contributed by atoms with Gasteiger partial charge in [0.2, 0.25) is 11.8 Å². The molecule has 4 nitrogen and oxygen atoms in total. The van der Waals surface area contributed by atoms with Gasteiger partial charge in [0.1, 0.15) is 0 Å². The summed E-state index contributed by atoms with van der Waals surface area (Å²) in [4.78, 5) is 24.5. The summed E-state index contributed by atoms with van der Waals surface area (Å²) in [6.45, 7) is 1.95. The quantitative estimate of drug-likeness (QED) is 0.806. The molecule has 1 aromatic heterocycles. The van der Waals surface area contributed by atoms with E-state index in [0.29, 0.717) is 6.54 Å². The zero-order chi connectivity index (χ0) is 15.9. The first-order valence-electron chi connectivity index (χ1n) is 6.87. The molecule has 1 heterocycles. The third-order valence-corrected chi connectivity index (χ3v) is 4.68. The summed E-state index contributed by atoms with van der Waals surface area (Å²) in [6, 6.07) is 13.1. The largest absolute Gasteiger partial charge is 0.351 e. The monoisotopic (exact) mass is 380 g/mol. The van der Waals surface area contributed by atoms with E-state index in [2.05, 4.69) is 26.6 Å². The molecule has 116 valence electrons. The maximum atomic E-state index is 12.1. The Morgan fingerprint density at radius 2 is 1.91 bits per heavy atom. The predicted molar refractivity (Wildman–Crippen MR) is 91.5 cm³/mol. The molecule has 0 fully saturated rings. The highest BCUT2D eigenvalue weighted by molar-refractivity contribution is 9.11. The Bertz CT molecular complexity index is 643. The third kappa shape index (κ3) is 5.27. The molecule has 0 aliphatic rings. The fourth-order valence-corrected chi connectivity index (χ4v) is 3.50. The molecule has 0 aliphatic heterocycles. The zero-order valence-electron chi connectivity index (χ0n) is 12.1. The van der Waals surface area contributed by atoms with Crippen molar-refractivity contribution in [3.8, 4) is 0 Å². The highest BCUT2D eigenvalue weighted by atomic mass is 79.9. The Morgan fingerprint density at radius 3 is 2.50 bits per heavy atom. The van der Waals surface area contributed by atoms with Crippen molar-refractivity contribution in [3.63, 3.8) is 0 Å². The minimum Gasteiger partial charge on any atom is -0.351 e. The first kappa shape index (κ1) is 16.7. The molecule has 1 unspecified atom stereocenters. The molecule has 22 heavy (non-hydrogen) atoms. The van der Waals surface area contributed by atoms with Gasteiger partial charge < -0.3 is 10.6 Å². The van der Waals surface area contributed by atoms with Crippen LogP contribution in [0.2, 0.25) is 0 Å². The van der Waals surface area contributed by atoms with Gasteiger partial charge in [-0.05, 0) is 33.6 Å². The van der Waals surface area contributed by atoms with Gasteiger partial charge in [-0.3, -0.25) is 9.59 Å². The molecule has 2 N–H and O–H groups in total. The van der Waals surface area contributed by atoms with Gasteiger partial charge in [0.25, 0.3) is 0 Å². The summed E-state index contributed by atoms with van der Waals surface area (Å²) >= 11 is 4.98. The minimum atomic E-state index is -0.311. The van der Waals surface area contributed by atoms with Crippen molar-refractivity contribution in [3.05, 3.63) is 56.7 Å². The second kappa shape index (κ2) is 8.10. The average Bonchev–Trinajstić information content (AvgIpc) is 2.91. The Kier molecular flexibility index (Phi) is 6.15. The van der Waals surface area contributed by atoms with E-state index in [4.69, 9.17) is 0 Å². The van der Waals surface area contributed by atoms with Crippen LogP contribution in [0.3, 0.4) is 0 Å². The lowest BCUT2D eigenvalue weighted by molar-refractivity contribution is -0.122. The van der Waals surface area contributed by atoms with Crippen molar-refractivity contribution in [1.82, 2.24) is 10.6 Å². The topological polar surface area (TPSA) is 58.2 Å². The number of rotatable bonds is 6. The molecule has 2 amide bonds. The summed E-state index contributed by atoms with van der Waals surface area (Å²) in [7, 11) is 0. The number of nitrogens with one attached hydrogen (secondary N) is 2. The lowest BCUT2D eigenvalue weighted by Crippen LogP contribution is -2.32. The number of hydrogen-bond donors (Lipinski definition) is 2. The Balaban J connectivity index is 1.94. The van der Waals surface area contributed by atoms with E-state index in [-0.39, 0.29) is 24.3 Å². The predicted octanol–water partition coefficient (Wildman–Crippen LogP) is 3.39.